The van der Waals surface area contributed by atoms with E-state index in [0.29, 0.717) is 0 Å². The Bertz CT molecular complexity index is 551. The number of anilines is 1. The Morgan fingerprint density at radius 1 is 1.33 bits per heavy atom. The number of hydrogen-bond acceptors (Lipinski definition) is 3. The Kier molecular flexibility index (Phi) is 3.00. The van der Waals surface area contributed by atoms with Gasteiger partial charge in [-0.15, -0.1) is 0 Å². The van der Waals surface area contributed by atoms with Crippen LogP contribution < -0.4 is 5.32 Å². The van der Waals surface area contributed by atoms with E-state index in [4.69, 9.17) is 0 Å². The van der Waals surface area contributed by atoms with E-state index in [2.05, 4.69) is 20.5 Å². The summed E-state index contributed by atoms with van der Waals surface area (Å²) in [7, 11) is 0. The number of H-pyrrole nitrogens is 1. The van der Waals surface area contributed by atoms with E-state index < -0.39 is 17.6 Å². The number of aromatic amines is 1. The second-order valence-corrected chi connectivity index (χ2v) is 3.37. The number of rotatable bonds is 2. The molecule has 0 unspecified atom stereocenters. The summed E-state index contributed by atoms with van der Waals surface area (Å²) in [5.41, 5.74) is -0.802. The van der Waals surface area contributed by atoms with Crippen LogP contribution in [-0.2, 0) is 6.18 Å². The summed E-state index contributed by atoms with van der Waals surface area (Å²) in [6.07, 6.45) is -3.33. The number of aromatic nitrogens is 3. The van der Waals surface area contributed by atoms with E-state index >= 15 is 0 Å². The summed E-state index contributed by atoms with van der Waals surface area (Å²) in [6, 6.07) is 4.32. The average Bonchev–Trinajstić information content (AvgIpc) is 2.81. The maximum Gasteiger partial charge on any atom is 0.416 e. The number of halogens is 3. The van der Waals surface area contributed by atoms with Crippen molar-refractivity contribution in [3.05, 3.63) is 42.0 Å². The first-order chi connectivity index (χ1) is 8.47. The zero-order valence-corrected chi connectivity index (χ0v) is 8.82. The first-order valence-corrected chi connectivity index (χ1v) is 4.81. The Balaban J connectivity index is 2.18. The van der Waals surface area contributed by atoms with E-state index in [1.165, 1.54) is 12.1 Å². The second-order valence-electron chi connectivity index (χ2n) is 3.37. The molecule has 0 aliphatic heterocycles. The summed E-state index contributed by atoms with van der Waals surface area (Å²) < 4.78 is 37.3. The zero-order valence-electron chi connectivity index (χ0n) is 8.82. The van der Waals surface area contributed by atoms with Gasteiger partial charge in [-0.2, -0.15) is 18.3 Å². The molecule has 1 amide bonds. The number of amides is 1. The summed E-state index contributed by atoms with van der Waals surface area (Å²) in [5, 5.41) is 8.06. The molecule has 18 heavy (non-hydrogen) atoms. The van der Waals surface area contributed by atoms with Crippen LogP contribution in [0.5, 0.6) is 0 Å². The van der Waals surface area contributed by atoms with Gasteiger partial charge < -0.3 is 5.32 Å². The van der Waals surface area contributed by atoms with Gasteiger partial charge >= 0.3 is 6.18 Å². The molecule has 0 fully saturated rings. The fraction of sp³-hybridized carbons (Fsp3) is 0.100. The minimum atomic E-state index is -4.45. The Hall–Kier alpha value is -2.38. The molecule has 0 saturated heterocycles. The van der Waals surface area contributed by atoms with Crippen LogP contribution in [0.3, 0.4) is 0 Å². The minimum absolute atomic E-state index is 0.0335. The van der Waals surface area contributed by atoms with Gasteiger partial charge in [-0.05, 0) is 18.2 Å². The molecule has 0 aliphatic carbocycles. The largest absolute Gasteiger partial charge is 0.416 e. The Morgan fingerprint density at radius 3 is 2.72 bits per heavy atom. The van der Waals surface area contributed by atoms with Crippen molar-refractivity contribution >= 4 is 11.6 Å². The monoisotopic (exact) mass is 256 g/mol. The molecule has 1 aromatic heterocycles. The molecular formula is C10H7F3N4O. The Labute approximate surface area is 99.0 Å². The zero-order chi connectivity index (χ0) is 13.2. The van der Waals surface area contributed by atoms with Gasteiger partial charge in [0.1, 0.15) is 6.33 Å². The fourth-order valence-corrected chi connectivity index (χ4v) is 1.28. The highest BCUT2D eigenvalue weighted by Crippen LogP contribution is 2.30. The van der Waals surface area contributed by atoms with Crippen LogP contribution in [0.4, 0.5) is 18.9 Å². The third-order valence-corrected chi connectivity index (χ3v) is 2.08. The van der Waals surface area contributed by atoms with Crippen molar-refractivity contribution in [2.24, 2.45) is 0 Å². The van der Waals surface area contributed by atoms with Crippen molar-refractivity contribution in [3.8, 4) is 0 Å². The van der Waals surface area contributed by atoms with E-state index in [0.717, 1.165) is 18.5 Å². The van der Waals surface area contributed by atoms with Crippen LogP contribution in [0, 0.1) is 0 Å². The number of alkyl halides is 3. The topological polar surface area (TPSA) is 70.7 Å². The molecule has 2 rings (SSSR count). The number of carbonyl (C=O) groups excluding carboxylic acids is 1. The molecule has 0 aliphatic rings. The molecule has 0 spiro atoms. The summed E-state index contributed by atoms with van der Waals surface area (Å²) in [4.78, 5) is 15.1. The highest BCUT2D eigenvalue weighted by atomic mass is 19.4. The van der Waals surface area contributed by atoms with Gasteiger partial charge in [0.05, 0.1) is 5.56 Å². The molecule has 2 N–H and O–H groups in total. The number of nitrogens with zero attached hydrogens (tertiary/aromatic N) is 2. The smallest absolute Gasteiger partial charge is 0.319 e. The predicted molar refractivity (Wildman–Crippen MR) is 55.8 cm³/mol. The quantitative estimate of drug-likeness (QED) is 0.864. The van der Waals surface area contributed by atoms with Gasteiger partial charge in [0.25, 0.3) is 5.91 Å². The van der Waals surface area contributed by atoms with Gasteiger partial charge in [0, 0.05) is 5.69 Å². The maximum absolute atomic E-state index is 12.4. The van der Waals surface area contributed by atoms with E-state index in [1.807, 2.05) is 0 Å². The molecule has 5 nitrogen and oxygen atoms in total. The van der Waals surface area contributed by atoms with Crippen molar-refractivity contribution in [1.29, 1.82) is 0 Å². The summed E-state index contributed by atoms with van der Waals surface area (Å²) in [6.45, 7) is 0. The second kappa shape index (κ2) is 4.47. The molecule has 8 heteroatoms. The molecule has 0 radical (unpaired) electrons. The first-order valence-electron chi connectivity index (χ1n) is 4.81. The molecule has 1 heterocycles. The van der Waals surface area contributed by atoms with E-state index in [9.17, 15) is 18.0 Å². The van der Waals surface area contributed by atoms with Gasteiger partial charge in [-0.1, -0.05) is 6.07 Å². The van der Waals surface area contributed by atoms with Crippen LogP contribution in [0.15, 0.2) is 30.6 Å². The normalized spacial score (nSPS) is 11.3. The maximum atomic E-state index is 12.4. The third-order valence-electron chi connectivity index (χ3n) is 2.08. The predicted octanol–water partition coefficient (Wildman–Crippen LogP) is 2.08. The number of nitrogens with one attached hydrogen (secondary N) is 2. The number of carbonyl (C=O) groups is 1. The third kappa shape index (κ3) is 2.65. The highest BCUT2D eigenvalue weighted by Gasteiger charge is 2.30. The van der Waals surface area contributed by atoms with Crippen molar-refractivity contribution in [1.82, 2.24) is 15.2 Å². The van der Waals surface area contributed by atoms with Gasteiger partial charge in [-0.25, -0.2) is 4.98 Å². The van der Waals surface area contributed by atoms with Gasteiger partial charge in [-0.3, -0.25) is 9.89 Å². The van der Waals surface area contributed by atoms with Crippen molar-refractivity contribution in [2.45, 2.75) is 6.18 Å². The highest BCUT2D eigenvalue weighted by molar-refractivity contribution is 6.01. The fourth-order valence-electron chi connectivity index (χ4n) is 1.28. The first kappa shape index (κ1) is 12.1. The van der Waals surface area contributed by atoms with E-state index in [1.54, 1.807) is 0 Å². The van der Waals surface area contributed by atoms with Crippen LogP contribution in [0.2, 0.25) is 0 Å². The van der Waals surface area contributed by atoms with Crippen molar-refractivity contribution < 1.29 is 18.0 Å². The molecular weight excluding hydrogens is 249 g/mol. The van der Waals surface area contributed by atoms with Crippen LogP contribution in [0.1, 0.15) is 16.2 Å². The van der Waals surface area contributed by atoms with Gasteiger partial charge in [0.2, 0.25) is 5.82 Å². The lowest BCUT2D eigenvalue weighted by Crippen LogP contribution is -2.14. The summed E-state index contributed by atoms with van der Waals surface area (Å²) in [5.74, 6) is -0.737. The lowest BCUT2D eigenvalue weighted by molar-refractivity contribution is -0.137. The number of hydrogen-bond donors (Lipinski definition) is 2. The van der Waals surface area contributed by atoms with Crippen LogP contribution in [0.25, 0.3) is 0 Å². The molecule has 0 bridgehead atoms. The van der Waals surface area contributed by atoms with Crippen molar-refractivity contribution in [3.63, 3.8) is 0 Å². The molecule has 94 valence electrons. The molecule has 2 aromatic rings. The lowest BCUT2D eigenvalue weighted by atomic mass is 10.2. The van der Waals surface area contributed by atoms with Crippen LogP contribution in [-0.4, -0.2) is 21.1 Å². The van der Waals surface area contributed by atoms with Crippen LogP contribution >= 0.6 is 0 Å². The Morgan fingerprint density at radius 2 is 2.11 bits per heavy atom. The summed E-state index contributed by atoms with van der Waals surface area (Å²) >= 11 is 0. The standard InChI is InChI=1S/C10H7F3N4O/c11-10(12,13)6-2-1-3-7(4-6)16-9(18)8-14-5-15-17-8/h1-5H,(H,16,18)(H,14,15,17). The average molecular weight is 256 g/mol. The molecule has 0 saturated carbocycles. The lowest BCUT2D eigenvalue weighted by Gasteiger charge is -2.08. The number of benzene rings is 1. The molecule has 1 aromatic carbocycles. The van der Waals surface area contributed by atoms with Gasteiger partial charge in [0.15, 0.2) is 0 Å². The minimum Gasteiger partial charge on any atom is -0.319 e. The van der Waals surface area contributed by atoms with E-state index in [-0.39, 0.29) is 11.5 Å². The SMILES string of the molecule is O=C(Nc1cccc(C(F)(F)F)c1)c1ncn[nH]1. The molecule has 0 atom stereocenters. The van der Waals surface area contributed by atoms with Crippen molar-refractivity contribution in [2.75, 3.05) is 5.32 Å².